The Balaban J connectivity index is 1.61. The van der Waals surface area contributed by atoms with Crippen LogP contribution in [0.5, 0.6) is 11.5 Å². The summed E-state index contributed by atoms with van der Waals surface area (Å²) < 4.78 is 10.7. The van der Waals surface area contributed by atoms with Gasteiger partial charge in [-0.1, -0.05) is 0 Å². The second-order valence-corrected chi connectivity index (χ2v) is 9.01. The molecule has 10 heteroatoms. The average Bonchev–Trinajstić information content (AvgIpc) is 3.06. The first-order valence-electron chi connectivity index (χ1n) is 9.84. The van der Waals surface area contributed by atoms with E-state index >= 15 is 0 Å². The summed E-state index contributed by atoms with van der Waals surface area (Å²) in [6.45, 7) is 8.67. The largest absolute Gasteiger partial charge is 0.454 e. The lowest BCUT2D eigenvalue weighted by molar-refractivity contribution is -0.383. The van der Waals surface area contributed by atoms with Crippen molar-refractivity contribution in [3.8, 4) is 11.5 Å². The highest BCUT2D eigenvalue weighted by atomic mass is 16.7. The zero-order chi connectivity index (χ0) is 21.5. The van der Waals surface area contributed by atoms with E-state index in [2.05, 4.69) is 53.6 Å². The van der Waals surface area contributed by atoms with Crippen molar-refractivity contribution in [2.24, 2.45) is 0 Å². The van der Waals surface area contributed by atoms with Crippen LogP contribution in [0.15, 0.2) is 24.5 Å². The van der Waals surface area contributed by atoms with E-state index in [1.165, 1.54) is 6.33 Å². The Morgan fingerprint density at radius 2 is 1.77 bits per heavy atom. The lowest BCUT2D eigenvalue weighted by atomic mass is 9.79. The molecule has 0 bridgehead atoms. The molecule has 2 aliphatic heterocycles. The third-order valence-electron chi connectivity index (χ3n) is 5.17. The van der Waals surface area contributed by atoms with Crippen LogP contribution in [0.4, 0.5) is 23.0 Å². The van der Waals surface area contributed by atoms with E-state index in [9.17, 15) is 10.1 Å². The smallest absolute Gasteiger partial charge is 0.353 e. The molecule has 0 saturated carbocycles. The maximum Gasteiger partial charge on any atom is 0.353 e. The molecule has 3 heterocycles. The van der Waals surface area contributed by atoms with Crippen LogP contribution in [0.25, 0.3) is 0 Å². The normalized spacial score (nSPS) is 19.3. The number of nitrogens with zero attached hydrogens (tertiary/aromatic N) is 3. The average molecular weight is 414 g/mol. The number of hydrogen-bond donors (Lipinski definition) is 3. The lowest BCUT2D eigenvalue weighted by Crippen LogP contribution is -2.60. The van der Waals surface area contributed by atoms with Crippen molar-refractivity contribution in [1.29, 1.82) is 0 Å². The van der Waals surface area contributed by atoms with Gasteiger partial charge < -0.3 is 25.4 Å². The maximum atomic E-state index is 11.9. The van der Waals surface area contributed by atoms with Crippen molar-refractivity contribution >= 4 is 23.0 Å². The monoisotopic (exact) mass is 414 g/mol. The van der Waals surface area contributed by atoms with Gasteiger partial charge in [0, 0.05) is 28.9 Å². The van der Waals surface area contributed by atoms with Gasteiger partial charge in [0.25, 0.3) is 0 Å². The maximum absolute atomic E-state index is 11.9. The summed E-state index contributed by atoms with van der Waals surface area (Å²) in [4.78, 5) is 19.7. The molecule has 0 radical (unpaired) electrons. The van der Waals surface area contributed by atoms with E-state index in [0.29, 0.717) is 17.2 Å². The van der Waals surface area contributed by atoms with Crippen LogP contribution >= 0.6 is 0 Å². The number of fused-ring (bicyclic) bond motifs is 1. The number of nitrogens with one attached hydrogen (secondary N) is 3. The Morgan fingerprint density at radius 3 is 2.47 bits per heavy atom. The molecule has 0 amide bonds. The summed E-state index contributed by atoms with van der Waals surface area (Å²) in [6.07, 6.45) is 2.94. The molecule has 0 unspecified atom stereocenters. The quantitative estimate of drug-likeness (QED) is 0.497. The topological polar surface area (TPSA) is 123 Å². The Morgan fingerprint density at radius 1 is 1.10 bits per heavy atom. The SMILES string of the molecule is CC1(C)CC(Nc2ncnc(Nc3ccc4c(c3)OCO4)c2[N+](=O)[O-])CC(C)(C)N1. The number of hydrogen-bond acceptors (Lipinski definition) is 9. The van der Waals surface area contributed by atoms with Gasteiger partial charge in [-0.2, -0.15) is 0 Å². The minimum atomic E-state index is -0.463. The van der Waals surface area contributed by atoms with Gasteiger partial charge in [0.1, 0.15) is 6.33 Å². The Kier molecular flexibility index (Phi) is 4.89. The number of nitro groups is 1. The second-order valence-electron chi connectivity index (χ2n) is 9.01. The zero-order valence-electron chi connectivity index (χ0n) is 17.5. The first kappa shape index (κ1) is 20.1. The molecule has 0 spiro atoms. The molecule has 4 rings (SSSR count). The van der Waals surface area contributed by atoms with Gasteiger partial charge in [0.2, 0.25) is 18.4 Å². The third kappa shape index (κ3) is 4.23. The van der Waals surface area contributed by atoms with Crippen molar-refractivity contribution in [3.05, 3.63) is 34.6 Å². The van der Waals surface area contributed by atoms with Gasteiger partial charge in [0.05, 0.1) is 4.92 Å². The standard InChI is InChI=1S/C20H26N6O4/c1-19(2)8-13(9-20(3,4)25-19)24-18-16(26(27)28)17(21-10-22-18)23-12-5-6-14-15(7-12)30-11-29-14/h5-7,10,13,25H,8-9,11H2,1-4H3,(H2,21,22,23,24). The summed E-state index contributed by atoms with van der Waals surface area (Å²) in [5.41, 5.74) is 0.212. The molecule has 160 valence electrons. The highest BCUT2D eigenvalue weighted by Crippen LogP contribution is 2.38. The number of ether oxygens (including phenoxy) is 2. The fourth-order valence-corrected chi connectivity index (χ4v) is 4.48. The van der Waals surface area contributed by atoms with Gasteiger partial charge in [0.15, 0.2) is 11.5 Å². The van der Waals surface area contributed by atoms with E-state index in [-0.39, 0.29) is 41.2 Å². The van der Waals surface area contributed by atoms with Gasteiger partial charge >= 0.3 is 5.69 Å². The van der Waals surface area contributed by atoms with Crippen molar-refractivity contribution < 1.29 is 14.4 Å². The lowest BCUT2D eigenvalue weighted by Gasteiger charge is -2.46. The van der Waals surface area contributed by atoms with Crippen LogP contribution in [0, 0.1) is 10.1 Å². The molecule has 0 atom stereocenters. The summed E-state index contributed by atoms with van der Waals surface area (Å²) in [5.74, 6) is 1.53. The highest BCUT2D eigenvalue weighted by molar-refractivity contribution is 5.74. The van der Waals surface area contributed by atoms with Gasteiger partial charge in [-0.05, 0) is 52.7 Å². The van der Waals surface area contributed by atoms with Crippen molar-refractivity contribution in [2.45, 2.75) is 57.7 Å². The van der Waals surface area contributed by atoms with Crippen LogP contribution in [0.1, 0.15) is 40.5 Å². The molecular formula is C20H26N6O4. The molecule has 3 N–H and O–H groups in total. The Labute approximate surface area is 174 Å². The van der Waals surface area contributed by atoms with E-state index < -0.39 is 4.92 Å². The summed E-state index contributed by atoms with van der Waals surface area (Å²) in [7, 11) is 0. The first-order chi connectivity index (χ1) is 14.1. The van der Waals surface area contributed by atoms with E-state index in [1.54, 1.807) is 18.2 Å². The number of piperidine rings is 1. The highest BCUT2D eigenvalue weighted by Gasteiger charge is 2.38. The van der Waals surface area contributed by atoms with Crippen LogP contribution in [-0.4, -0.2) is 38.8 Å². The molecule has 0 aliphatic carbocycles. The van der Waals surface area contributed by atoms with E-state index in [4.69, 9.17) is 9.47 Å². The molecule has 30 heavy (non-hydrogen) atoms. The van der Waals surface area contributed by atoms with Crippen LogP contribution < -0.4 is 25.4 Å². The van der Waals surface area contributed by atoms with E-state index in [1.807, 2.05) is 0 Å². The van der Waals surface area contributed by atoms with Crippen LogP contribution in [0.3, 0.4) is 0 Å². The Bertz CT molecular complexity index is 962. The van der Waals surface area contributed by atoms with Crippen molar-refractivity contribution in [1.82, 2.24) is 15.3 Å². The van der Waals surface area contributed by atoms with Crippen LogP contribution in [0.2, 0.25) is 0 Å². The minimum absolute atomic E-state index is 0.0308. The molecule has 10 nitrogen and oxygen atoms in total. The van der Waals surface area contributed by atoms with Gasteiger partial charge in [-0.25, -0.2) is 9.97 Å². The summed E-state index contributed by atoms with van der Waals surface area (Å²) in [6, 6.07) is 5.25. The predicted molar refractivity (Wildman–Crippen MR) is 112 cm³/mol. The molecule has 1 aromatic carbocycles. The van der Waals surface area contributed by atoms with E-state index in [0.717, 1.165) is 12.8 Å². The van der Waals surface area contributed by atoms with Crippen LogP contribution in [-0.2, 0) is 0 Å². The number of benzene rings is 1. The number of anilines is 3. The molecule has 1 aromatic heterocycles. The zero-order valence-corrected chi connectivity index (χ0v) is 17.5. The molecule has 2 aliphatic rings. The van der Waals surface area contributed by atoms with Crippen molar-refractivity contribution in [2.75, 3.05) is 17.4 Å². The first-order valence-corrected chi connectivity index (χ1v) is 9.84. The van der Waals surface area contributed by atoms with Gasteiger partial charge in [-0.3, -0.25) is 10.1 Å². The number of aromatic nitrogens is 2. The third-order valence-corrected chi connectivity index (χ3v) is 5.17. The minimum Gasteiger partial charge on any atom is -0.454 e. The Hall–Kier alpha value is -3.14. The predicted octanol–water partition coefficient (Wildman–Crippen LogP) is 3.58. The van der Waals surface area contributed by atoms with Crippen molar-refractivity contribution in [3.63, 3.8) is 0 Å². The molecular weight excluding hydrogens is 388 g/mol. The second kappa shape index (κ2) is 7.28. The number of rotatable bonds is 5. The molecule has 1 fully saturated rings. The fraction of sp³-hybridized carbons (Fsp3) is 0.500. The van der Waals surface area contributed by atoms with Gasteiger partial charge in [-0.15, -0.1) is 0 Å². The summed E-state index contributed by atoms with van der Waals surface area (Å²) in [5, 5.41) is 21.8. The fourth-order valence-electron chi connectivity index (χ4n) is 4.48. The molecule has 1 saturated heterocycles. The summed E-state index contributed by atoms with van der Waals surface area (Å²) >= 11 is 0. The molecule has 2 aromatic rings.